The van der Waals surface area contributed by atoms with Gasteiger partial charge in [0, 0.05) is 30.1 Å². The zero-order chi connectivity index (χ0) is 26.5. The maximum Gasteiger partial charge on any atom is 0.234 e. The summed E-state index contributed by atoms with van der Waals surface area (Å²) < 4.78 is 27.3. The lowest BCUT2D eigenvalue weighted by molar-refractivity contribution is -0.129. The fraction of sp³-hybridized carbons (Fsp3) is 0.433. The van der Waals surface area contributed by atoms with Gasteiger partial charge in [-0.25, -0.2) is 13.8 Å². The van der Waals surface area contributed by atoms with Gasteiger partial charge in [-0.3, -0.25) is 14.5 Å². The van der Waals surface area contributed by atoms with Crippen LogP contribution in [0.4, 0.5) is 14.6 Å². The lowest BCUT2D eigenvalue weighted by Gasteiger charge is -2.38. The van der Waals surface area contributed by atoms with Crippen LogP contribution in [0.1, 0.15) is 58.1 Å². The van der Waals surface area contributed by atoms with Crippen molar-refractivity contribution < 1.29 is 18.4 Å². The summed E-state index contributed by atoms with van der Waals surface area (Å²) in [7, 11) is 0. The number of nitrogen functional groups attached to an aromatic ring is 1. The number of aromatic nitrogens is 1. The van der Waals surface area contributed by atoms with Gasteiger partial charge >= 0.3 is 0 Å². The minimum Gasteiger partial charge on any atom is -0.383 e. The van der Waals surface area contributed by atoms with Crippen LogP contribution in [0.3, 0.4) is 0 Å². The third-order valence-electron chi connectivity index (χ3n) is 7.37. The zero-order valence-electron chi connectivity index (χ0n) is 21.3. The van der Waals surface area contributed by atoms with Crippen molar-refractivity contribution in [2.75, 3.05) is 12.3 Å². The highest BCUT2D eigenvalue weighted by Gasteiger charge is 2.28. The molecule has 2 heterocycles. The fourth-order valence-corrected chi connectivity index (χ4v) is 5.19. The van der Waals surface area contributed by atoms with E-state index in [0.29, 0.717) is 17.8 Å². The van der Waals surface area contributed by atoms with Crippen molar-refractivity contribution >= 4 is 28.3 Å². The van der Waals surface area contributed by atoms with Crippen molar-refractivity contribution in [3.63, 3.8) is 0 Å². The average molecular weight is 525 g/mol. The number of nitrogens with zero attached hydrogens (tertiary/aromatic N) is 2. The van der Waals surface area contributed by atoms with Crippen molar-refractivity contribution in [1.29, 1.82) is 0 Å². The number of hydrogen-bond donors (Lipinski definition) is 2. The van der Waals surface area contributed by atoms with Crippen LogP contribution < -0.4 is 11.1 Å². The molecular weight excluding hydrogens is 486 g/mol. The number of pyridine rings is 1. The molecule has 6 nitrogen and oxygen atoms in total. The summed E-state index contributed by atoms with van der Waals surface area (Å²) in [5.41, 5.74) is 7.34. The van der Waals surface area contributed by atoms with Crippen LogP contribution in [-0.4, -0.2) is 46.2 Å². The van der Waals surface area contributed by atoms with Gasteiger partial charge in [0.25, 0.3) is 0 Å². The number of likely N-dealkylation sites (tertiary alicyclic amines) is 1. The molecule has 2 aromatic carbocycles. The van der Waals surface area contributed by atoms with E-state index in [9.17, 15) is 18.4 Å². The lowest BCUT2D eigenvalue weighted by Crippen LogP contribution is -2.51. The Bertz CT molecular complexity index is 1270. The number of amides is 1. The molecular formula is C30H38F2N4O2. The van der Waals surface area contributed by atoms with E-state index in [1.54, 1.807) is 6.20 Å². The van der Waals surface area contributed by atoms with Gasteiger partial charge in [-0.15, -0.1) is 0 Å². The Balaban J connectivity index is 0.00000400. The van der Waals surface area contributed by atoms with Crippen molar-refractivity contribution in [2.45, 2.75) is 77.9 Å². The molecule has 1 aliphatic heterocycles. The third kappa shape index (κ3) is 7.13. The maximum atomic E-state index is 13.8. The second-order valence-corrected chi connectivity index (χ2v) is 10.1. The average Bonchev–Trinajstić information content (AvgIpc) is 2.87. The minimum atomic E-state index is -0.976. The summed E-state index contributed by atoms with van der Waals surface area (Å²) in [6.07, 6.45) is 5.59. The number of ketones is 1. The minimum absolute atomic E-state index is 0. The zero-order valence-corrected chi connectivity index (χ0v) is 21.3. The molecule has 0 spiro atoms. The van der Waals surface area contributed by atoms with Crippen LogP contribution in [0.5, 0.6) is 0 Å². The number of halogens is 2. The molecule has 1 fully saturated rings. The molecule has 38 heavy (non-hydrogen) atoms. The van der Waals surface area contributed by atoms with Gasteiger partial charge in [-0.2, -0.15) is 0 Å². The van der Waals surface area contributed by atoms with E-state index in [1.807, 2.05) is 24.3 Å². The van der Waals surface area contributed by atoms with E-state index in [-0.39, 0.29) is 50.6 Å². The molecule has 0 radical (unpaired) electrons. The monoisotopic (exact) mass is 524 g/mol. The SMILES string of the molecule is C.C[C@@H]1CCC[C@H](C)N1CC(=O)N[C@@H](Cc1ccc(F)c(F)c1)C(=O)CCc1ccc2c(N)nccc2c1. The summed E-state index contributed by atoms with van der Waals surface area (Å²) in [6.45, 7) is 4.42. The molecule has 0 bridgehead atoms. The normalized spacial score (nSPS) is 18.5. The molecule has 0 unspecified atom stereocenters. The van der Waals surface area contributed by atoms with Crippen LogP contribution in [0.15, 0.2) is 48.7 Å². The number of Topliss-reactive ketones (excluding diaryl/α,β-unsaturated/α-hetero) is 1. The van der Waals surface area contributed by atoms with E-state index in [2.05, 4.69) is 29.0 Å². The van der Waals surface area contributed by atoms with Crippen LogP contribution >= 0.6 is 0 Å². The molecule has 1 amide bonds. The number of nitrogens with two attached hydrogens (primary N) is 1. The van der Waals surface area contributed by atoms with E-state index in [1.165, 1.54) is 6.07 Å². The van der Waals surface area contributed by atoms with E-state index in [0.717, 1.165) is 47.7 Å². The Morgan fingerprint density at radius 3 is 2.47 bits per heavy atom. The lowest BCUT2D eigenvalue weighted by atomic mass is 9.96. The van der Waals surface area contributed by atoms with E-state index < -0.39 is 17.7 Å². The number of carbonyl (C=O) groups excluding carboxylic acids is 2. The van der Waals surface area contributed by atoms with E-state index in [4.69, 9.17) is 5.73 Å². The molecule has 1 aliphatic rings. The maximum absolute atomic E-state index is 13.8. The quantitative estimate of drug-likeness (QED) is 0.401. The van der Waals surface area contributed by atoms with Crippen LogP contribution in [0.2, 0.25) is 0 Å². The molecule has 1 aromatic heterocycles. The first kappa shape index (κ1) is 29.2. The molecule has 1 saturated heterocycles. The molecule has 0 saturated carbocycles. The van der Waals surface area contributed by atoms with Crippen molar-refractivity contribution in [3.05, 3.63) is 71.4 Å². The largest absolute Gasteiger partial charge is 0.383 e. The van der Waals surface area contributed by atoms with Gasteiger partial charge < -0.3 is 11.1 Å². The highest BCUT2D eigenvalue weighted by Crippen LogP contribution is 2.23. The Kier molecular flexibility index (Phi) is 9.91. The summed E-state index contributed by atoms with van der Waals surface area (Å²) in [4.78, 5) is 32.6. The topological polar surface area (TPSA) is 88.3 Å². The first-order valence-electron chi connectivity index (χ1n) is 12.9. The smallest absolute Gasteiger partial charge is 0.234 e. The molecule has 204 valence electrons. The fourth-order valence-electron chi connectivity index (χ4n) is 5.19. The standard InChI is InChI=1S/C29H34F2N4O2.CH4/c1-18-4-3-5-19(2)35(18)17-28(37)34-26(16-21-7-10-24(30)25(31)15-21)27(36)11-8-20-6-9-23-22(14-20)12-13-33-29(23)32;/h6-7,9-10,12-15,18-19,26H,3-5,8,11,16-17H2,1-2H3,(H2,32,33)(H,34,37);1H4/t18-,19+,26-;/m0./s1. The number of rotatable bonds is 9. The number of piperidine rings is 1. The highest BCUT2D eigenvalue weighted by molar-refractivity contribution is 5.92. The van der Waals surface area contributed by atoms with Gasteiger partial charge in [0.1, 0.15) is 5.82 Å². The highest BCUT2D eigenvalue weighted by atomic mass is 19.2. The van der Waals surface area contributed by atoms with Gasteiger partial charge in [-0.1, -0.05) is 38.1 Å². The Labute approximate surface area is 223 Å². The number of aryl methyl sites for hydroxylation is 1. The van der Waals surface area contributed by atoms with Crippen molar-refractivity contribution in [2.24, 2.45) is 0 Å². The number of anilines is 1. The Morgan fingerprint density at radius 2 is 1.76 bits per heavy atom. The molecule has 4 rings (SSSR count). The van der Waals surface area contributed by atoms with Crippen LogP contribution in [0.25, 0.3) is 10.8 Å². The van der Waals surface area contributed by atoms with Gasteiger partial charge in [0.05, 0.1) is 12.6 Å². The number of fused-ring (bicyclic) bond motifs is 1. The molecule has 8 heteroatoms. The summed E-state index contributed by atoms with van der Waals surface area (Å²) in [6, 6.07) is 10.9. The van der Waals surface area contributed by atoms with Crippen molar-refractivity contribution in [1.82, 2.24) is 15.2 Å². The van der Waals surface area contributed by atoms with Gasteiger partial charge in [0.2, 0.25) is 5.91 Å². The number of nitrogens with one attached hydrogen (secondary N) is 1. The Morgan fingerprint density at radius 1 is 1.05 bits per heavy atom. The molecule has 3 atom stereocenters. The second kappa shape index (κ2) is 12.9. The van der Waals surface area contributed by atoms with Gasteiger partial charge in [-0.05, 0) is 74.2 Å². The van der Waals surface area contributed by atoms with Crippen LogP contribution in [-0.2, 0) is 22.4 Å². The second-order valence-electron chi connectivity index (χ2n) is 10.1. The summed E-state index contributed by atoms with van der Waals surface area (Å²) in [5.74, 6) is -1.87. The third-order valence-corrected chi connectivity index (χ3v) is 7.37. The van der Waals surface area contributed by atoms with Gasteiger partial charge in [0.15, 0.2) is 17.4 Å². The van der Waals surface area contributed by atoms with Crippen LogP contribution in [0, 0.1) is 11.6 Å². The molecule has 3 aromatic rings. The Hall–Kier alpha value is -3.39. The number of carbonyl (C=O) groups is 2. The number of hydrogen-bond acceptors (Lipinski definition) is 5. The first-order valence-corrected chi connectivity index (χ1v) is 12.9. The first-order chi connectivity index (χ1) is 17.7. The summed E-state index contributed by atoms with van der Waals surface area (Å²) >= 11 is 0. The predicted molar refractivity (Wildman–Crippen MR) is 148 cm³/mol. The molecule has 3 N–H and O–H groups in total. The molecule has 0 aliphatic carbocycles. The van der Waals surface area contributed by atoms with E-state index >= 15 is 0 Å². The summed E-state index contributed by atoms with van der Waals surface area (Å²) in [5, 5.41) is 4.68. The van der Waals surface area contributed by atoms with Crippen molar-refractivity contribution in [3.8, 4) is 0 Å². The predicted octanol–water partition coefficient (Wildman–Crippen LogP) is 5.22. The number of benzene rings is 2.